The molecule has 0 aliphatic carbocycles. The number of aryl methyl sites for hydroxylation is 3. The summed E-state index contributed by atoms with van der Waals surface area (Å²) in [6, 6.07) is 13.8. The fraction of sp³-hybridized carbons (Fsp3) is 0.273. The van der Waals surface area contributed by atoms with Crippen molar-refractivity contribution in [3.05, 3.63) is 102 Å². The lowest BCUT2D eigenvalue weighted by molar-refractivity contribution is 0.334. The number of nitrogens with zero attached hydrogens (tertiary/aromatic N) is 4. The first-order valence-corrected chi connectivity index (χ1v) is 14.0. The Morgan fingerprint density at radius 1 is 1.10 bits per heavy atom. The highest BCUT2D eigenvalue weighted by Gasteiger charge is 2.18. The minimum Gasteiger partial charge on any atom is -0.357 e. The van der Waals surface area contributed by atoms with Crippen LogP contribution in [0.3, 0.4) is 0 Å². The molecule has 5 aromatic rings. The molecule has 1 saturated heterocycles. The maximum absolute atomic E-state index is 14.9. The van der Waals surface area contributed by atoms with Crippen molar-refractivity contribution in [1.29, 1.82) is 0 Å². The van der Waals surface area contributed by atoms with E-state index in [0.717, 1.165) is 80.8 Å². The van der Waals surface area contributed by atoms with Gasteiger partial charge in [0, 0.05) is 35.5 Å². The molecule has 3 aromatic heterocycles. The number of benzene rings is 2. The lowest BCUT2D eigenvalue weighted by atomic mass is 9.94. The van der Waals surface area contributed by atoms with Gasteiger partial charge in [-0.2, -0.15) is 10.2 Å². The first kappa shape index (κ1) is 26.0. The Morgan fingerprint density at radius 3 is 2.73 bits per heavy atom. The summed E-state index contributed by atoms with van der Waals surface area (Å²) in [5.74, 6) is -0.210. The van der Waals surface area contributed by atoms with Crippen molar-refractivity contribution < 1.29 is 4.39 Å². The molecule has 0 unspecified atom stereocenters. The van der Waals surface area contributed by atoms with E-state index in [2.05, 4.69) is 56.0 Å². The lowest BCUT2D eigenvalue weighted by Gasteiger charge is -2.15. The van der Waals surface area contributed by atoms with E-state index < -0.39 is 0 Å². The molecule has 4 heterocycles. The normalized spacial score (nSPS) is 14.4. The number of allylic oxidation sites excluding steroid dienone is 2. The first-order chi connectivity index (χ1) is 19.5. The number of hydrogen-bond acceptors (Lipinski definition) is 3. The first-order valence-electron chi connectivity index (χ1n) is 14.0. The highest BCUT2D eigenvalue weighted by molar-refractivity contribution is 5.96. The molecule has 2 aromatic carbocycles. The average molecular weight is 535 g/mol. The predicted octanol–water partition coefficient (Wildman–Crippen LogP) is 7.05. The topological polar surface area (TPSA) is 65.5 Å². The van der Waals surface area contributed by atoms with Gasteiger partial charge in [-0.15, -0.1) is 0 Å². The van der Waals surface area contributed by atoms with Gasteiger partial charge in [0.25, 0.3) is 0 Å². The van der Waals surface area contributed by atoms with Gasteiger partial charge in [0.1, 0.15) is 11.5 Å². The molecule has 0 spiro atoms. The van der Waals surface area contributed by atoms with E-state index in [0.29, 0.717) is 0 Å². The van der Waals surface area contributed by atoms with Crippen LogP contribution in [0.4, 0.5) is 4.39 Å². The molecule has 1 aliphatic heterocycles. The molecule has 1 fully saturated rings. The molecule has 1 aliphatic rings. The van der Waals surface area contributed by atoms with E-state index in [9.17, 15) is 4.39 Å². The minimum atomic E-state index is -0.210. The van der Waals surface area contributed by atoms with Crippen LogP contribution in [0, 0.1) is 12.7 Å². The number of aromatic amines is 2. The summed E-state index contributed by atoms with van der Waals surface area (Å²) in [5, 5.41) is 13.2. The largest absolute Gasteiger partial charge is 0.357 e. The van der Waals surface area contributed by atoms with E-state index >= 15 is 0 Å². The zero-order valence-electron chi connectivity index (χ0n) is 23.2. The van der Waals surface area contributed by atoms with Crippen LogP contribution in [0.5, 0.6) is 0 Å². The fourth-order valence-electron chi connectivity index (χ4n) is 5.86. The summed E-state index contributed by atoms with van der Waals surface area (Å²) in [4.78, 5) is 6.04. The van der Waals surface area contributed by atoms with Gasteiger partial charge in [0.05, 0.1) is 17.4 Å². The van der Waals surface area contributed by atoms with Crippen LogP contribution in [-0.2, 0) is 13.5 Å². The monoisotopic (exact) mass is 534 g/mol. The second-order valence-electron chi connectivity index (χ2n) is 10.8. The number of rotatable bonds is 9. The molecule has 0 bridgehead atoms. The van der Waals surface area contributed by atoms with Crippen LogP contribution in [0.15, 0.2) is 73.6 Å². The van der Waals surface area contributed by atoms with Crippen LogP contribution >= 0.6 is 0 Å². The number of H-pyrrole nitrogens is 2. The van der Waals surface area contributed by atoms with Gasteiger partial charge in [0.15, 0.2) is 0 Å². The third kappa shape index (κ3) is 5.29. The minimum absolute atomic E-state index is 0.210. The van der Waals surface area contributed by atoms with Crippen LogP contribution in [-0.4, -0.2) is 49.5 Å². The fourth-order valence-corrected chi connectivity index (χ4v) is 5.86. The molecule has 7 heteroatoms. The van der Waals surface area contributed by atoms with Gasteiger partial charge in [-0.3, -0.25) is 9.78 Å². The van der Waals surface area contributed by atoms with Crippen molar-refractivity contribution >= 4 is 16.5 Å². The third-order valence-corrected chi connectivity index (χ3v) is 7.85. The summed E-state index contributed by atoms with van der Waals surface area (Å²) in [6.45, 7) is 9.43. The Hall–Kier alpha value is -4.23. The number of aromatic nitrogens is 5. The van der Waals surface area contributed by atoms with E-state index in [-0.39, 0.29) is 5.82 Å². The average Bonchev–Trinajstić information content (AvgIpc) is 3.74. The Morgan fingerprint density at radius 2 is 1.95 bits per heavy atom. The van der Waals surface area contributed by atoms with Gasteiger partial charge < -0.3 is 9.88 Å². The number of hydrogen-bond donors (Lipinski definition) is 2. The molecule has 6 nitrogen and oxygen atoms in total. The molecule has 204 valence electrons. The predicted molar refractivity (Wildman–Crippen MR) is 160 cm³/mol. The van der Waals surface area contributed by atoms with Gasteiger partial charge in [0.2, 0.25) is 0 Å². The number of nitrogens with one attached hydrogen (secondary N) is 2. The summed E-state index contributed by atoms with van der Waals surface area (Å²) in [6.07, 6.45) is 12.1. The highest BCUT2D eigenvalue weighted by atomic mass is 19.1. The van der Waals surface area contributed by atoms with Crippen molar-refractivity contribution in [2.75, 3.05) is 19.6 Å². The molecular formula is C33H35FN6. The van der Waals surface area contributed by atoms with E-state index in [4.69, 9.17) is 0 Å². The second kappa shape index (κ2) is 11.1. The van der Waals surface area contributed by atoms with Crippen LogP contribution in [0.1, 0.15) is 41.6 Å². The van der Waals surface area contributed by atoms with Crippen molar-refractivity contribution in [3.63, 3.8) is 0 Å². The number of halogens is 1. The Labute approximate surface area is 234 Å². The number of likely N-dealkylation sites (tertiary alicyclic amines) is 1. The van der Waals surface area contributed by atoms with Crippen molar-refractivity contribution in [2.45, 2.75) is 32.6 Å². The standard InChI is InChI=1S/C33H35FN6/c1-4-8-28(25-15-23(16-27(34)17-25)9-7-14-40-12-5-6-13-40)29-19-32(36-22(29)2)33-30-18-24(10-11-31(30)37-38-33)26-20-35-39(3)21-26/h4,8,10-11,15-21,36H,1,5-7,9,12-14H2,2-3H3,(H,37,38)/b28-8-. The van der Waals surface area contributed by atoms with Gasteiger partial charge >= 0.3 is 0 Å². The molecule has 40 heavy (non-hydrogen) atoms. The summed E-state index contributed by atoms with van der Waals surface area (Å²) in [5.41, 5.74) is 9.65. The van der Waals surface area contributed by atoms with Crippen molar-refractivity contribution in [3.8, 4) is 22.5 Å². The summed E-state index contributed by atoms with van der Waals surface area (Å²) in [7, 11) is 1.92. The molecule has 0 atom stereocenters. The zero-order valence-corrected chi connectivity index (χ0v) is 23.2. The molecule has 0 saturated carbocycles. The smallest absolute Gasteiger partial charge is 0.124 e. The van der Waals surface area contributed by atoms with E-state index in [1.807, 2.05) is 38.5 Å². The SMILES string of the molecule is C=C/C=C(/c1cc(F)cc(CCCN2CCCC2)c1)c1cc(-c2n[nH]c3ccc(-c4cnn(C)c4)cc23)[nH]c1C. The summed E-state index contributed by atoms with van der Waals surface area (Å²) < 4.78 is 16.7. The van der Waals surface area contributed by atoms with Crippen molar-refractivity contribution in [1.82, 2.24) is 29.9 Å². The molecule has 6 rings (SSSR count). The highest BCUT2D eigenvalue weighted by Crippen LogP contribution is 2.35. The molecule has 0 radical (unpaired) electrons. The van der Waals surface area contributed by atoms with Crippen molar-refractivity contribution in [2.24, 2.45) is 7.05 Å². The Bertz CT molecular complexity index is 1700. The number of fused-ring (bicyclic) bond motifs is 1. The Balaban J connectivity index is 1.32. The zero-order chi connectivity index (χ0) is 27.6. The lowest BCUT2D eigenvalue weighted by Crippen LogP contribution is -2.20. The second-order valence-corrected chi connectivity index (χ2v) is 10.8. The molecule has 2 N–H and O–H groups in total. The Kier molecular flexibility index (Phi) is 7.22. The van der Waals surface area contributed by atoms with E-state index in [1.165, 1.54) is 25.9 Å². The van der Waals surface area contributed by atoms with Crippen LogP contribution < -0.4 is 0 Å². The van der Waals surface area contributed by atoms with Crippen LogP contribution in [0.25, 0.3) is 39.0 Å². The third-order valence-electron chi connectivity index (χ3n) is 7.85. The van der Waals surface area contributed by atoms with Gasteiger partial charge in [-0.1, -0.05) is 30.9 Å². The van der Waals surface area contributed by atoms with Crippen LogP contribution in [0.2, 0.25) is 0 Å². The van der Waals surface area contributed by atoms with Gasteiger partial charge in [-0.05, 0) is 105 Å². The maximum atomic E-state index is 14.9. The van der Waals surface area contributed by atoms with E-state index in [1.54, 1.807) is 22.9 Å². The van der Waals surface area contributed by atoms with Gasteiger partial charge in [-0.25, -0.2) is 4.39 Å². The summed E-state index contributed by atoms with van der Waals surface area (Å²) >= 11 is 0. The quantitative estimate of drug-likeness (QED) is 0.199. The molecular weight excluding hydrogens is 499 g/mol. The maximum Gasteiger partial charge on any atom is 0.124 e. The molecule has 0 amide bonds.